The number of fused-ring (bicyclic) bond motifs is 2. The molecule has 0 bridgehead atoms. The van der Waals surface area contributed by atoms with Gasteiger partial charge in [0.1, 0.15) is 6.10 Å². The molecule has 6 heteroatoms. The molecule has 0 N–H and O–H groups in total. The molecule has 3 aliphatic rings. The molecule has 0 amide bonds. The second kappa shape index (κ2) is 8.77. The van der Waals surface area contributed by atoms with Gasteiger partial charge >= 0.3 is 12.1 Å². The fourth-order valence-electron chi connectivity index (χ4n) is 6.78. The first kappa shape index (κ1) is 22.4. The molecule has 2 aromatic rings. The number of cyclic esters (lactones) is 1. The maximum atomic E-state index is 13.0. The number of esters is 1. The highest BCUT2D eigenvalue weighted by Crippen LogP contribution is 2.54. The Hall–Kier alpha value is -2.37. The summed E-state index contributed by atoms with van der Waals surface area (Å²) < 4.78 is 44.8. The van der Waals surface area contributed by atoms with E-state index in [-0.39, 0.29) is 18.0 Å². The number of pyridine rings is 1. The first-order valence-corrected chi connectivity index (χ1v) is 12.1. The van der Waals surface area contributed by atoms with Gasteiger partial charge in [-0.3, -0.25) is 9.78 Å². The smallest absolute Gasteiger partial charge is 0.416 e. The van der Waals surface area contributed by atoms with Gasteiger partial charge in [-0.1, -0.05) is 37.5 Å². The SMILES string of the molecule is CC1OC(=O)C2CC3CCCCC3C(CCc3ccc(-c4cccc(C(F)(F)F)c4)cn3)C12. The highest BCUT2D eigenvalue weighted by Gasteiger charge is 2.54. The van der Waals surface area contributed by atoms with Crippen molar-refractivity contribution in [1.29, 1.82) is 0 Å². The molecule has 176 valence electrons. The van der Waals surface area contributed by atoms with Crippen molar-refractivity contribution in [3.05, 3.63) is 53.9 Å². The lowest BCUT2D eigenvalue weighted by atomic mass is 9.56. The van der Waals surface area contributed by atoms with Gasteiger partial charge < -0.3 is 4.74 Å². The number of carbonyl (C=O) groups excluding carboxylic acids is 1. The van der Waals surface area contributed by atoms with Crippen molar-refractivity contribution in [2.75, 3.05) is 0 Å². The Morgan fingerprint density at radius 3 is 2.67 bits per heavy atom. The average molecular weight is 458 g/mol. The number of halogens is 3. The van der Waals surface area contributed by atoms with Crippen LogP contribution in [0.3, 0.4) is 0 Å². The molecule has 2 saturated carbocycles. The molecule has 0 radical (unpaired) electrons. The van der Waals surface area contributed by atoms with Crippen molar-refractivity contribution in [2.24, 2.45) is 29.6 Å². The summed E-state index contributed by atoms with van der Waals surface area (Å²) in [6.45, 7) is 2.04. The normalized spacial score (nSPS) is 31.6. The quantitative estimate of drug-likeness (QED) is 0.480. The first-order chi connectivity index (χ1) is 15.8. The minimum Gasteiger partial charge on any atom is -0.462 e. The minimum atomic E-state index is -4.36. The zero-order valence-electron chi connectivity index (χ0n) is 18.9. The van der Waals surface area contributed by atoms with E-state index in [1.54, 1.807) is 12.3 Å². The van der Waals surface area contributed by atoms with Crippen LogP contribution in [0.5, 0.6) is 0 Å². The topological polar surface area (TPSA) is 39.2 Å². The van der Waals surface area contributed by atoms with Gasteiger partial charge in [-0.2, -0.15) is 13.2 Å². The van der Waals surface area contributed by atoms with Crippen molar-refractivity contribution < 1.29 is 22.7 Å². The van der Waals surface area contributed by atoms with Crippen LogP contribution in [0.25, 0.3) is 11.1 Å². The number of hydrogen-bond acceptors (Lipinski definition) is 3. The van der Waals surface area contributed by atoms with E-state index in [2.05, 4.69) is 4.98 Å². The highest BCUT2D eigenvalue weighted by atomic mass is 19.4. The van der Waals surface area contributed by atoms with Crippen LogP contribution in [0.1, 0.15) is 56.7 Å². The number of aromatic nitrogens is 1. The fraction of sp³-hybridized carbons (Fsp3) is 0.556. The van der Waals surface area contributed by atoms with Gasteiger partial charge in [0.15, 0.2) is 0 Å². The lowest BCUT2D eigenvalue weighted by Crippen LogP contribution is -2.43. The number of hydrogen-bond donors (Lipinski definition) is 0. The van der Waals surface area contributed by atoms with E-state index < -0.39 is 11.7 Å². The van der Waals surface area contributed by atoms with Gasteiger partial charge in [0.05, 0.1) is 11.5 Å². The van der Waals surface area contributed by atoms with Gasteiger partial charge in [-0.25, -0.2) is 0 Å². The summed E-state index contributed by atoms with van der Waals surface area (Å²) in [4.78, 5) is 17.0. The maximum absolute atomic E-state index is 13.0. The van der Waals surface area contributed by atoms with Crippen molar-refractivity contribution in [3.63, 3.8) is 0 Å². The standard InChI is InChI=1S/C27H30F3NO2/c1-16-25-23(22-8-3-2-5-18(22)14-24(25)26(32)33-16)12-11-21-10-9-19(15-31-21)17-6-4-7-20(13-17)27(28,29)30/h4,6-7,9-10,13,15-16,18,22-25H,2-3,5,8,11-12,14H2,1H3. The summed E-state index contributed by atoms with van der Waals surface area (Å²) in [5.41, 5.74) is 1.48. The van der Waals surface area contributed by atoms with E-state index in [0.717, 1.165) is 31.0 Å². The minimum absolute atomic E-state index is 0.00918. The lowest BCUT2D eigenvalue weighted by molar-refractivity contribution is -0.144. The van der Waals surface area contributed by atoms with Crippen molar-refractivity contribution in [3.8, 4) is 11.1 Å². The van der Waals surface area contributed by atoms with Crippen LogP contribution < -0.4 is 0 Å². The number of rotatable bonds is 4. The molecule has 2 aliphatic carbocycles. The zero-order valence-corrected chi connectivity index (χ0v) is 18.9. The predicted molar refractivity (Wildman–Crippen MR) is 119 cm³/mol. The van der Waals surface area contributed by atoms with Gasteiger partial charge in [-0.05, 0) is 74.1 Å². The number of nitrogens with zero attached hydrogens (tertiary/aromatic N) is 1. The molecule has 1 saturated heterocycles. The predicted octanol–water partition coefficient (Wildman–Crippen LogP) is 6.70. The van der Waals surface area contributed by atoms with Crippen LogP contribution in [-0.4, -0.2) is 17.1 Å². The molecule has 0 spiro atoms. The fourth-order valence-corrected chi connectivity index (χ4v) is 6.78. The first-order valence-electron chi connectivity index (χ1n) is 12.1. The van der Waals surface area contributed by atoms with Crippen LogP contribution >= 0.6 is 0 Å². The largest absolute Gasteiger partial charge is 0.462 e. The summed E-state index contributed by atoms with van der Waals surface area (Å²) in [6.07, 6.45) is 5.03. The molecule has 6 unspecified atom stereocenters. The molecule has 5 rings (SSSR count). The molecular formula is C27H30F3NO2. The molecular weight excluding hydrogens is 427 g/mol. The van der Waals surface area contributed by atoms with Gasteiger partial charge in [-0.15, -0.1) is 0 Å². The van der Waals surface area contributed by atoms with Crippen molar-refractivity contribution >= 4 is 5.97 Å². The molecule has 3 nitrogen and oxygen atoms in total. The van der Waals surface area contributed by atoms with E-state index in [1.807, 2.05) is 19.1 Å². The van der Waals surface area contributed by atoms with Crippen molar-refractivity contribution in [2.45, 2.75) is 64.1 Å². The molecule has 1 aromatic carbocycles. The van der Waals surface area contributed by atoms with Crippen LogP contribution in [-0.2, 0) is 22.1 Å². The Balaban J connectivity index is 1.31. The highest BCUT2D eigenvalue weighted by molar-refractivity contribution is 5.75. The van der Waals surface area contributed by atoms with Crippen LogP contribution in [0.4, 0.5) is 13.2 Å². The van der Waals surface area contributed by atoms with E-state index in [1.165, 1.54) is 37.8 Å². The third kappa shape index (κ3) is 4.41. The Morgan fingerprint density at radius 1 is 1.09 bits per heavy atom. The zero-order chi connectivity index (χ0) is 23.2. The Morgan fingerprint density at radius 2 is 1.91 bits per heavy atom. The summed E-state index contributed by atoms with van der Waals surface area (Å²) in [7, 11) is 0. The number of alkyl halides is 3. The Kier molecular flexibility index (Phi) is 5.96. The second-order valence-corrected chi connectivity index (χ2v) is 10.1. The van der Waals surface area contributed by atoms with Crippen LogP contribution in [0.2, 0.25) is 0 Å². The molecule has 3 fully saturated rings. The average Bonchev–Trinajstić information content (AvgIpc) is 3.09. The lowest BCUT2D eigenvalue weighted by Gasteiger charge is -2.47. The van der Waals surface area contributed by atoms with Crippen LogP contribution in [0.15, 0.2) is 42.6 Å². The number of ether oxygens (including phenoxy) is 1. The van der Waals surface area contributed by atoms with Gasteiger partial charge in [0.2, 0.25) is 0 Å². The molecule has 1 aliphatic heterocycles. The third-order valence-electron chi connectivity index (χ3n) is 8.26. The van der Waals surface area contributed by atoms with E-state index >= 15 is 0 Å². The summed E-state index contributed by atoms with van der Waals surface area (Å²) in [5.74, 6) is 2.06. The summed E-state index contributed by atoms with van der Waals surface area (Å²) in [5, 5.41) is 0. The van der Waals surface area contributed by atoms with Crippen molar-refractivity contribution in [1.82, 2.24) is 4.98 Å². The Labute approximate surface area is 192 Å². The van der Waals surface area contributed by atoms with E-state index in [4.69, 9.17) is 4.74 Å². The Bertz CT molecular complexity index is 1000. The monoisotopic (exact) mass is 457 g/mol. The number of aryl methyl sites for hydroxylation is 1. The molecule has 6 atom stereocenters. The van der Waals surface area contributed by atoms with E-state index in [9.17, 15) is 18.0 Å². The van der Waals surface area contributed by atoms with Gasteiger partial charge in [0, 0.05) is 23.4 Å². The van der Waals surface area contributed by atoms with Crippen LogP contribution in [0, 0.1) is 29.6 Å². The molecule has 1 aromatic heterocycles. The maximum Gasteiger partial charge on any atom is 0.416 e. The van der Waals surface area contributed by atoms with E-state index in [0.29, 0.717) is 34.8 Å². The number of benzene rings is 1. The summed E-state index contributed by atoms with van der Waals surface area (Å²) >= 11 is 0. The summed E-state index contributed by atoms with van der Waals surface area (Å²) in [6, 6.07) is 9.14. The third-order valence-corrected chi connectivity index (χ3v) is 8.26. The second-order valence-electron chi connectivity index (χ2n) is 10.1. The molecule has 2 heterocycles. The van der Waals surface area contributed by atoms with Gasteiger partial charge in [0.25, 0.3) is 0 Å². The number of carbonyl (C=O) groups is 1. The molecule has 33 heavy (non-hydrogen) atoms.